The SMILES string of the molecule is CCCCOCCCNC(=NC)NCc1ncc(C)c(OC)c1C. The van der Waals surface area contributed by atoms with Crippen LogP contribution in [-0.2, 0) is 11.3 Å². The van der Waals surface area contributed by atoms with Crippen molar-refractivity contribution in [3.05, 3.63) is 23.0 Å². The summed E-state index contributed by atoms with van der Waals surface area (Å²) in [6, 6.07) is 0. The maximum Gasteiger partial charge on any atom is 0.191 e. The van der Waals surface area contributed by atoms with Gasteiger partial charge in [0.05, 0.1) is 19.3 Å². The fourth-order valence-electron chi connectivity index (χ4n) is 2.37. The van der Waals surface area contributed by atoms with E-state index in [1.807, 2.05) is 20.0 Å². The zero-order chi connectivity index (χ0) is 17.8. The lowest BCUT2D eigenvalue weighted by molar-refractivity contribution is 0.129. The van der Waals surface area contributed by atoms with Crippen LogP contribution >= 0.6 is 0 Å². The monoisotopic (exact) mass is 336 g/mol. The van der Waals surface area contributed by atoms with Crippen LogP contribution in [0.3, 0.4) is 0 Å². The molecule has 0 bridgehead atoms. The van der Waals surface area contributed by atoms with E-state index in [1.165, 1.54) is 6.42 Å². The molecule has 0 amide bonds. The second-order valence-electron chi connectivity index (χ2n) is 5.72. The minimum absolute atomic E-state index is 0.606. The molecule has 1 rings (SSSR count). The molecule has 0 fully saturated rings. The van der Waals surface area contributed by atoms with Gasteiger partial charge in [-0.15, -0.1) is 0 Å². The Morgan fingerprint density at radius 3 is 2.62 bits per heavy atom. The van der Waals surface area contributed by atoms with Crippen molar-refractivity contribution in [3.63, 3.8) is 0 Å². The second-order valence-corrected chi connectivity index (χ2v) is 5.72. The number of unbranched alkanes of at least 4 members (excludes halogenated alkanes) is 1. The highest BCUT2D eigenvalue weighted by Crippen LogP contribution is 2.23. The second kappa shape index (κ2) is 11.7. The lowest BCUT2D eigenvalue weighted by Crippen LogP contribution is -2.38. The number of aliphatic imine (C=N–C) groups is 1. The standard InChI is InChI=1S/C18H32N4O2/c1-6-7-10-24-11-8-9-20-18(19-4)22-13-16-15(3)17(23-5)14(2)12-21-16/h12H,6-11,13H2,1-5H3,(H2,19,20,22). The third kappa shape index (κ3) is 6.74. The van der Waals surface area contributed by atoms with E-state index in [0.29, 0.717) is 6.54 Å². The highest BCUT2D eigenvalue weighted by molar-refractivity contribution is 5.79. The average molecular weight is 336 g/mol. The van der Waals surface area contributed by atoms with Gasteiger partial charge in [0, 0.05) is 44.1 Å². The molecule has 0 aliphatic heterocycles. The first kappa shape index (κ1) is 20.2. The minimum atomic E-state index is 0.606. The number of ether oxygens (including phenoxy) is 2. The van der Waals surface area contributed by atoms with Gasteiger partial charge in [-0.3, -0.25) is 9.98 Å². The molecule has 136 valence electrons. The number of aromatic nitrogens is 1. The van der Waals surface area contributed by atoms with Crippen molar-refractivity contribution in [1.82, 2.24) is 15.6 Å². The number of aryl methyl sites for hydroxylation is 1. The first-order chi connectivity index (χ1) is 11.6. The molecule has 1 aromatic heterocycles. The van der Waals surface area contributed by atoms with E-state index < -0.39 is 0 Å². The smallest absolute Gasteiger partial charge is 0.191 e. The van der Waals surface area contributed by atoms with Gasteiger partial charge in [0.25, 0.3) is 0 Å². The Kier molecular flexibility index (Phi) is 9.84. The van der Waals surface area contributed by atoms with Crippen molar-refractivity contribution in [2.75, 3.05) is 33.9 Å². The predicted octanol–water partition coefficient (Wildman–Crippen LogP) is 2.58. The summed E-state index contributed by atoms with van der Waals surface area (Å²) in [7, 11) is 3.46. The number of nitrogens with zero attached hydrogens (tertiary/aromatic N) is 2. The summed E-state index contributed by atoms with van der Waals surface area (Å²) < 4.78 is 11.0. The number of hydrogen-bond acceptors (Lipinski definition) is 4. The highest BCUT2D eigenvalue weighted by Gasteiger charge is 2.09. The molecule has 1 aromatic rings. The molecule has 0 aliphatic carbocycles. The first-order valence-corrected chi connectivity index (χ1v) is 8.65. The van der Waals surface area contributed by atoms with Gasteiger partial charge in [-0.25, -0.2) is 0 Å². The number of rotatable bonds is 10. The predicted molar refractivity (Wildman–Crippen MR) is 98.8 cm³/mol. The van der Waals surface area contributed by atoms with E-state index in [-0.39, 0.29) is 0 Å². The van der Waals surface area contributed by atoms with Crippen molar-refractivity contribution in [3.8, 4) is 5.75 Å². The lowest BCUT2D eigenvalue weighted by Gasteiger charge is -2.15. The van der Waals surface area contributed by atoms with Crippen LogP contribution in [-0.4, -0.2) is 44.9 Å². The van der Waals surface area contributed by atoms with Crippen molar-refractivity contribution in [2.45, 2.75) is 46.6 Å². The molecular weight excluding hydrogens is 304 g/mol. The van der Waals surface area contributed by atoms with Gasteiger partial charge in [-0.05, 0) is 26.7 Å². The first-order valence-electron chi connectivity index (χ1n) is 8.65. The summed E-state index contributed by atoms with van der Waals surface area (Å²) >= 11 is 0. The number of nitrogens with one attached hydrogen (secondary N) is 2. The van der Waals surface area contributed by atoms with Crippen molar-refractivity contribution >= 4 is 5.96 Å². The van der Waals surface area contributed by atoms with Crippen molar-refractivity contribution in [1.29, 1.82) is 0 Å². The largest absolute Gasteiger partial charge is 0.496 e. The van der Waals surface area contributed by atoms with Crippen LogP contribution in [0.4, 0.5) is 0 Å². The number of pyridine rings is 1. The Hall–Kier alpha value is -1.82. The fourth-order valence-corrected chi connectivity index (χ4v) is 2.37. The van der Waals surface area contributed by atoms with Crippen LogP contribution in [0.2, 0.25) is 0 Å². The van der Waals surface area contributed by atoms with Crippen molar-refractivity contribution < 1.29 is 9.47 Å². The molecule has 24 heavy (non-hydrogen) atoms. The summed E-state index contributed by atoms with van der Waals surface area (Å²) in [6.45, 7) is 9.26. The zero-order valence-corrected chi connectivity index (χ0v) is 15.7. The van der Waals surface area contributed by atoms with Crippen LogP contribution in [0.5, 0.6) is 5.75 Å². The van der Waals surface area contributed by atoms with Gasteiger partial charge in [0.1, 0.15) is 5.75 Å². The van der Waals surface area contributed by atoms with E-state index in [4.69, 9.17) is 9.47 Å². The molecule has 0 aliphatic rings. The third-order valence-electron chi connectivity index (χ3n) is 3.80. The Labute approximate surface area is 146 Å². The van der Waals surface area contributed by atoms with Crippen LogP contribution in [0.25, 0.3) is 0 Å². The van der Waals surface area contributed by atoms with E-state index >= 15 is 0 Å². The molecule has 0 radical (unpaired) electrons. The average Bonchev–Trinajstić information content (AvgIpc) is 2.58. The molecule has 2 N–H and O–H groups in total. The number of guanidine groups is 1. The number of hydrogen-bond donors (Lipinski definition) is 2. The van der Waals surface area contributed by atoms with Crippen LogP contribution in [0, 0.1) is 13.8 Å². The molecule has 0 saturated carbocycles. The maximum atomic E-state index is 5.55. The Bertz CT molecular complexity index is 518. The quantitative estimate of drug-likeness (QED) is 0.390. The topological polar surface area (TPSA) is 67.8 Å². The summed E-state index contributed by atoms with van der Waals surface area (Å²) in [4.78, 5) is 8.72. The van der Waals surface area contributed by atoms with Crippen LogP contribution in [0.15, 0.2) is 11.2 Å². The maximum absolute atomic E-state index is 5.55. The van der Waals surface area contributed by atoms with Crippen LogP contribution in [0.1, 0.15) is 43.0 Å². The van der Waals surface area contributed by atoms with Gasteiger partial charge in [-0.1, -0.05) is 13.3 Å². The van der Waals surface area contributed by atoms with E-state index in [1.54, 1.807) is 14.2 Å². The van der Waals surface area contributed by atoms with Gasteiger partial charge >= 0.3 is 0 Å². The van der Waals surface area contributed by atoms with Gasteiger partial charge in [-0.2, -0.15) is 0 Å². The zero-order valence-electron chi connectivity index (χ0n) is 15.7. The molecule has 0 spiro atoms. The third-order valence-corrected chi connectivity index (χ3v) is 3.80. The van der Waals surface area contributed by atoms with E-state index in [9.17, 15) is 0 Å². The molecule has 6 nitrogen and oxygen atoms in total. The molecule has 0 aromatic carbocycles. The minimum Gasteiger partial charge on any atom is -0.496 e. The Morgan fingerprint density at radius 2 is 1.96 bits per heavy atom. The normalized spacial score (nSPS) is 11.5. The molecule has 0 atom stereocenters. The van der Waals surface area contributed by atoms with E-state index in [0.717, 1.165) is 61.1 Å². The summed E-state index contributed by atoms with van der Waals surface area (Å²) in [5.74, 6) is 1.67. The summed E-state index contributed by atoms with van der Waals surface area (Å²) in [5.41, 5.74) is 3.07. The van der Waals surface area contributed by atoms with Gasteiger partial charge in [0.2, 0.25) is 0 Å². The Morgan fingerprint density at radius 1 is 1.21 bits per heavy atom. The Balaban J connectivity index is 2.37. The molecule has 6 heteroatoms. The van der Waals surface area contributed by atoms with Crippen LogP contribution < -0.4 is 15.4 Å². The number of methoxy groups -OCH3 is 1. The highest BCUT2D eigenvalue weighted by atomic mass is 16.5. The molecule has 0 unspecified atom stereocenters. The van der Waals surface area contributed by atoms with E-state index in [2.05, 4.69) is 27.5 Å². The van der Waals surface area contributed by atoms with Gasteiger partial charge < -0.3 is 20.1 Å². The summed E-state index contributed by atoms with van der Waals surface area (Å²) in [6.07, 6.45) is 5.10. The lowest BCUT2D eigenvalue weighted by atomic mass is 10.1. The molecule has 0 saturated heterocycles. The van der Waals surface area contributed by atoms with Gasteiger partial charge in [0.15, 0.2) is 5.96 Å². The fraction of sp³-hybridized carbons (Fsp3) is 0.667. The molecular formula is C18H32N4O2. The molecule has 1 heterocycles. The summed E-state index contributed by atoms with van der Waals surface area (Å²) in [5, 5.41) is 6.58. The van der Waals surface area contributed by atoms with Crippen molar-refractivity contribution in [2.24, 2.45) is 4.99 Å².